The Balaban J connectivity index is 1.98. The average Bonchev–Trinajstić information content (AvgIpc) is 2.40. The zero-order chi connectivity index (χ0) is 12.1. The van der Waals surface area contributed by atoms with Crippen LogP contribution in [0.15, 0.2) is 24.3 Å². The van der Waals surface area contributed by atoms with Crippen molar-refractivity contribution in [2.24, 2.45) is 0 Å². The lowest BCUT2D eigenvalue weighted by molar-refractivity contribution is -0.00152. The largest absolute Gasteiger partial charge is 0.497 e. The Kier molecular flexibility index (Phi) is 5.06. The summed E-state index contributed by atoms with van der Waals surface area (Å²) in [4.78, 5) is 2.50. The van der Waals surface area contributed by atoms with Crippen LogP contribution in [0.2, 0.25) is 0 Å². The van der Waals surface area contributed by atoms with Crippen molar-refractivity contribution in [2.75, 3.05) is 31.3 Å². The number of nitrogens with zero attached hydrogens (tertiary/aromatic N) is 1. The predicted molar refractivity (Wildman–Crippen MR) is 76.9 cm³/mol. The lowest BCUT2D eigenvalue weighted by Gasteiger charge is -2.34. The summed E-state index contributed by atoms with van der Waals surface area (Å²) in [5, 5.41) is 0. The molecule has 2 rings (SSSR count). The number of alkyl halides is 1. The highest BCUT2D eigenvalue weighted by atomic mass is 127. The maximum atomic E-state index is 5.51. The molecule has 1 atom stereocenters. The van der Waals surface area contributed by atoms with Gasteiger partial charge < -0.3 is 9.47 Å². The highest BCUT2D eigenvalue weighted by Gasteiger charge is 2.21. The van der Waals surface area contributed by atoms with Crippen LogP contribution in [0.5, 0.6) is 5.75 Å². The third-order valence-electron chi connectivity index (χ3n) is 3.07. The number of hydrogen-bond donors (Lipinski definition) is 0. The molecule has 1 unspecified atom stereocenters. The van der Waals surface area contributed by atoms with Gasteiger partial charge in [0, 0.05) is 23.6 Å². The van der Waals surface area contributed by atoms with Gasteiger partial charge >= 0.3 is 0 Å². The lowest BCUT2D eigenvalue weighted by Crippen LogP contribution is -2.45. The van der Waals surface area contributed by atoms with Crippen LogP contribution >= 0.6 is 22.6 Å². The summed E-state index contributed by atoms with van der Waals surface area (Å²) in [7, 11) is 1.70. The third kappa shape index (κ3) is 3.56. The van der Waals surface area contributed by atoms with E-state index in [0.717, 1.165) is 36.5 Å². The van der Waals surface area contributed by atoms with Crippen molar-refractivity contribution >= 4 is 22.6 Å². The SMILES string of the molecule is COc1ccc(CN2CCOCC2CI)cc1. The van der Waals surface area contributed by atoms with Crippen LogP contribution in [0.1, 0.15) is 5.56 Å². The van der Waals surface area contributed by atoms with Crippen molar-refractivity contribution in [2.45, 2.75) is 12.6 Å². The molecule has 0 amide bonds. The minimum atomic E-state index is 0.548. The number of hydrogen-bond acceptors (Lipinski definition) is 3. The van der Waals surface area contributed by atoms with Crippen LogP contribution < -0.4 is 4.74 Å². The van der Waals surface area contributed by atoms with Gasteiger partial charge in [-0.25, -0.2) is 0 Å². The molecule has 1 aromatic carbocycles. The Morgan fingerprint density at radius 2 is 2.18 bits per heavy atom. The maximum absolute atomic E-state index is 5.51. The van der Waals surface area contributed by atoms with Crippen molar-refractivity contribution in [3.63, 3.8) is 0 Å². The van der Waals surface area contributed by atoms with E-state index in [9.17, 15) is 0 Å². The fraction of sp³-hybridized carbons (Fsp3) is 0.538. The first-order valence-electron chi connectivity index (χ1n) is 5.84. The molecule has 17 heavy (non-hydrogen) atoms. The Labute approximate surface area is 116 Å². The molecular weight excluding hydrogens is 329 g/mol. The summed E-state index contributed by atoms with van der Waals surface area (Å²) in [5.74, 6) is 0.918. The van der Waals surface area contributed by atoms with Gasteiger partial charge in [-0.2, -0.15) is 0 Å². The van der Waals surface area contributed by atoms with E-state index in [2.05, 4.69) is 39.6 Å². The molecule has 1 aromatic rings. The molecule has 0 saturated carbocycles. The number of ether oxygens (including phenoxy) is 2. The Bertz CT molecular complexity index is 342. The second-order valence-electron chi connectivity index (χ2n) is 4.20. The van der Waals surface area contributed by atoms with Gasteiger partial charge in [-0.05, 0) is 17.7 Å². The van der Waals surface area contributed by atoms with Crippen LogP contribution in [0, 0.1) is 0 Å². The third-order valence-corrected chi connectivity index (χ3v) is 4.09. The zero-order valence-electron chi connectivity index (χ0n) is 10.1. The molecule has 0 aromatic heterocycles. The number of methoxy groups -OCH3 is 1. The average molecular weight is 347 g/mol. The van der Waals surface area contributed by atoms with Gasteiger partial charge in [-0.3, -0.25) is 4.90 Å². The normalized spacial score (nSPS) is 21.4. The van der Waals surface area contributed by atoms with Gasteiger partial charge in [-0.1, -0.05) is 34.7 Å². The van der Waals surface area contributed by atoms with E-state index in [4.69, 9.17) is 9.47 Å². The van der Waals surface area contributed by atoms with Crippen LogP contribution in [0.25, 0.3) is 0 Å². The minimum Gasteiger partial charge on any atom is -0.497 e. The van der Waals surface area contributed by atoms with Crippen molar-refractivity contribution in [3.05, 3.63) is 29.8 Å². The molecule has 0 N–H and O–H groups in total. The molecule has 0 aliphatic carbocycles. The lowest BCUT2D eigenvalue weighted by atomic mass is 10.1. The summed E-state index contributed by atoms with van der Waals surface area (Å²) in [6, 6.07) is 8.87. The number of rotatable bonds is 4. The van der Waals surface area contributed by atoms with Crippen LogP contribution in [-0.2, 0) is 11.3 Å². The Morgan fingerprint density at radius 3 is 2.82 bits per heavy atom. The molecule has 1 aliphatic heterocycles. The van der Waals surface area contributed by atoms with E-state index >= 15 is 0 Å². The molecule has 4 heteroatoms. The molecule has 0 bridgehead atoms. The molecule has 1 fully saturated rings. The van der Waals surface area contributed by atoms with Gasteiger partial charge in [0.25, 0.3) is 0 Å². The molecule has 0 spiro atoms. The van der Waals surface area contributed by atoms with E-state index in [0.29, 0.717) is 6.04 Å². The maximum Gasteiger partial charge on any atom is 0.118 e. The summed E-state index contributed by atoms with van der Waals surface area (Å²) in [5.41, 5.74) is 1.34. The van der Waals surface area contributed by atoms with Gasteiger partial charge in [-0.15, -0.1) is 0 Å². The summed E-state index contributed by atoms with van der Waals surface area (Å²) in [6.07, 6.45) is 0. The zero-order valence-corrected chi connectivity index (χ0v) is 12.2. The molecule has 3 nitrogen and oxygen atoms in total. The first-order valence-corrected chi connectivity index (χ1v) is 7.36. The van der Waals surface area contributed by atoms with E-state index in [1.165, 1.54) is 5.56 Å². The second kappa shape index (κ2) is 6.56. The van der Waals surface area contributed by atoms with Crippen molar-refractivity contribution in [1.82, 2.24) is 4.90 Å². The quantitative estimate of drug-likeness (QED) is 0.617. The van der Waals surface area contributed by atoms with Gasteiger partial charge in [0.2, 0.25) is 0 Å². The van der Waals surface area contributed by atoms with E-state index in [1.54, 1.807) is 7.11 Å². The standard InChI is InChI=1S/C13H18INO2/c1-16-13-4-2-11(3-5-13)9-15-6-7-17-10-12(15)8-14/h2-5,12H,6-10H2,1H3. The van der Waals surface area contributed by atoms with Crippen LogP contribution in [0.3, 0.4) is 0 Å². The van der Waals surface area contributed by atoms with Gasteiger partial charge in [0.15, 0.2) is 0 Å². The minimum absolute atomic E-state index is 0.548. The number of morpholine rings is 1. The topological polar surface area (TPSA) is 21.7 Å². The molecule has 0 radical (unpaired) electrons. The smallest absolute Gasteiger partial charge is 0.118 e. The van der Waals surface area contributed by atoms with E-state index in [1.807, 2.05) is 12.1 Å². The highest BCUT2D eigenvalue weighted by molar-refractivity contribution is 14.1. The van der Waals surface area contributed by atoms with Gasteiger partial charge in [0.1, 0.15) is 5.75 Å². The Hall–Kier alpha value is -0.330. The van der Waals surface area contributed by atoms with E-state index < -0.39 is 0 Å². The number of benzene rings is 1. The molecule has 1 aliphatic rings. The summed E-state index contributed by atoms with van der Waals surface area (Å²) >= 11 is 2.43. The second-order valence-corrected chi connectivity index (χ2v) is 5.08. The fourth-order valence-corrected chi connectivity index (χ4v) is 2.82. The highest BCUT2D eigenvalue weighted by Crippen LogP contribution is 2.16. The predicted octanol–water partition coefficient (Wildman–Crippen LogP) is 2.33. The molecule has 94 valence electrons. The monoisotopic (exact) mass is 347 g/mol. The van der Waals surface area contributed by atoms with Gasteiger partial charge in [0.05, 0.1) is 20.3 Å². The van der Waals surface area contributed by atoms with Crippen LogP contribution in [0.4, 0.5) is 0 Å². The summed E-state index contributed by atoms with van der Waals surface area (Å²) in [6.45, 7) is 3.74. The van der Waals surface area contributed by atoms with Crippen molar-refractivity contribution < 1.29 is 9.47 Å². The summed E-state index contributed by atoms with van der Waals surface area (Å²) < 4.78 is 11.8. The number of halogens is 1. The van der Waals surface area contributed by atoms with Crippen LogP contribution in [-0.4, -0.2) is 42.2 Å². The molecule has 1 heterocycles. The first-order chi connectivity index (χ1) is 8.33. The Morgan fingerprint density at radius 1 is 1.41 bits per heavy atom. The van der Waals surface area contributed by atoms with Crippen molar-refractivity contribution in [3.8, 4) is 5.75 Å². The van der Waals surface area contributed by atoms with Crippen molar-refractivity contribution in [1.29, 1.82) is 0 Å². The first kappa shape index (κ1) is 13.1. The fourth-order valence-electron chi connectivity index (χ4n) is 2.00. The molecular formula is C13H18INO2. The van der Waals surface area contributed by atoms with E-state index in [-0.39, 0.29) is 0 Å². The molecule has 1 saturated heterocycles.